The first kappa shape index (κ1) is 12.2. The van der Waals surface area contributed by atoms with Crippen molar-refractivity contribution in [2.24, 2.45) is 0 Å². The summed E-state index contributed by atoms with van der Waals surface area (Å²) in [5, 5.41) is 0. The quantitative estimate of drug-likeness (QED) is 0.736. The van der Waals surface area contributed by atoms with Gasteiger partial charge in [-0.05, 0) is 13.3 Å². The van der Waals surface area contributed by atoms with Crippen molar-refractivity contribution in [2.75, 3.05) is 26.2 Å². The summed E-state index contributed by atoms with van der Waals surface area (Å²) in [5.74, 6) is -2.41. The molecule has 2 heterocycles. The first-order chi connectivity index (χ1) is 7.52. The Hall–Kier alpha value is -0.220. The minimum Gasteiger partial charge on any atom is -0.297 e. The molecule has 0 radical (unpaired) electrons. The molecule has 1 atom stereocenters. The fraction of sp³-hybridized carbons (Fsp3) is 1.00. The number of alkyl halides is 2. The Balaban J connectivity index is 1.73. The summed E-state index contributed by atoms with van der Waals surface area (Å²) in [6, 6.07) is 1.17. The first-order valence-electron chi connectivity index (χ1n) is 6.38. The molecule has 2 fully saturated rings. The van der Waals surface area contributed by atoms with Gasteiger partial charge in [0.1, 0.15) is 0 Å². The molecular weight excluding hydrogens is 210 g/mol. The maximum Gasteiger partial charge on any atom is 0.250 e. The zero-order valence-electron chi connectivity index (χ0n) is 10.3. The van der Waals surface area contributed by atoms with Gasteiger partial charge in [-0.1, -0.05) is 6.92 Å². The minimum atomic E-state index is -2.41. The SMILES string of the molecule is CCC(C)N1CC(N2CCC(F)(F)CC2)C1. The number of nitrogens with zero attached hydrogens (tertiary/aromatic N) is 2. The molecule has 0 aliphatic carbocycles. The molecule has 16 heavy (non-hydrogen) atoms. The highest BCUT2D eigenvalue weighted by Gasteiger charge is 2.40. The summed E-state index contributed by atoms with van der Waals surface area (Å²) in [5.41, 5.74) is 0. The third-order valence-corrected chi connectivity index (χ3v) is 4.15. The molecule has 2 rings (SSSR count). The van der Waals surface area contributed by atoms with E-state index in [9.17, 15) is 8.78 Å². The van der Waals surface area contributed by atoms with Crippen LogP contribution in [0.15, 0.2) is 0 Å². The van der Waals surface area contributed by atoms with Gasteiger partial charge in [-0.3, -0.25) is 9.80 Å². The number of hydrogen-bond donors (Lipinski definition) is 0. The third kappa shape index (κ3) is 2.54. The fourth-order valence-corrected chi connectivity index (χ4v) is 2.55. The third-order valence-electron chi connectivity index (χ3n) is 4.15. The van der Waals surface area contributed by atoms with Crippen molar-refractivity contribution < 1.29 is 8.78 Å². The van der Waals surface area contributed by atoms with Gasteiger partial charge in [0, 0.05) is 51.1 Å². The Morgan fingerprint density at radius 2 is 1.81 bits per heavy atom. The van der Waals surface area contributed by atoms with Crippen LogP contribution >= 0.6 is 0 Å². The van der Waals surface area contributed by atoms with Crippen LogP contribution < -0.4 is 0 Å². The molecule has 0 bridgehead atoms. The lowest BCUT2D eigenvalue weighted by Crippen LogP contribution is -2.63. The lowest BCUT2D eigenvalue weighted by Gasteiger charge is -2.49. The van der Waals surface area contributed by atoms with Crippen LogP contribution in [0.2, 0.25) is 0 Å². The Labute approximate surface area is 96.6 Å². The van der Waals surface area contributed by atoms with Gasteiger partial charge in [0.25, 0.3) is 5.92 Å². The van der Waals surface area contributed by atoms with E-state index in [-0.39, 0.29) is 12.8 Å². The highest BCUT2D eigenvalue weighted by molar-refractivity contribution is 4.92. The van der Waals surface area contributed by atoms with Crippen LogP contribution in [-0.2, 0) is 0 Å². The average Bonchev–Trinajstić information content (AvgIpc) is 2.18. The summed E-state index contributed by atoms with van der Waals surface area (Å²) in [6.07, 6.45) is 1.27. The molecule has 0 spiro atoms. The molecule has 0 aromatic heterocycles. The summed E-state index contributed by atoms with van der Waals surface area (Å²) in [6.45, 7) is 7.72. The molecule has 94 valence electrons. The predicted octanol–water partition coefficient (Wildman–Crippen LogP) is 2.20. The van der Waals surface area contributed by atoms with Gasteiger partial charge >= 0.3 is 0 Å². The van der Waals surface area contributed by atoms with Gasteiger partial charge in [0.05, 0.1) is 0 Å². The molecule has 0 aromatic carbocycles. The predicted molar refractivity (Wildman–Crippen MR) is 60.9 cm³/mol. The van der Waals surface area contributed by atoms with Crippen molar-refractivity contribution in [2.45, 2.75) is 51.1 Å². The minimum absolute atomic E-state index is 0.0484. The zero-order chi connectivity index (χ0) is 11.8. The van der Waals surface area contributed by atoms with Crippen LogP contribution in [0.3, 0.4) is 0 Å². The van der Waals surface area contributed by atoms with Crippen molar-refractivity contribution in [1.29, 1.82) is 0 Å². The lowest BCUT2D eigenvalue weighted by atomic mass is 9.99. The largest absolute Gasteiger partial charge is 0.297 e. The average molecular weight is 232 g/mol. The van der Waals surface area contributed by atoms with E-state index in [1.807, 2.05) is 0 Å². The number of rotatable bonds is 3. The van der Waals surface area contributed by atoms with Crippen LogP contribution in [0.4, 0.5) is 8.78 Å². The highest BCUT2D eigenvalue weighted by atomic mass is 19.3. The Kier molecular flexibility index (Phi) is 3.50. The zero-order valence-corrected chi connectivity index (χ0v) is 10.3. The summed E-state index contributed by atoms with van der Waals surface area (Å²) >= 11 is 0. The van der Waals surface area contributed by atoms with Gasteiger partial charge < -0.3 is 0 Å². The van der Waals surface area contributed by atoms with Gasteiger partial charge in [-0.15, -0.1) is 0 Å². The van der Waals surface area contributed by atoms with E-state index < -0.39 is 5.92 Å². The van der Waals surface area contributed by atoms with Crippen molar-refractivity contribution in [3.63, 3.8) is 0 Å². The van der Waals surface area contributed by atoms with E-state index >= 15 is 0 Å². The van der Waals surface area contributed by atoms with Gasteiger partial charge in [0.15, 0.2) is 0 Å². The van der Waals surface area contributed by atoms with Gasteiger partial charge in [-0.25, -0.2) is 8.78 Å². The second-order valence-electron chi connectivity index (χ2n) is 5.26. The molecule has 0 N–H and O–H groups in total. The summed E-state index contributed by atoms with van der Waals surface area (Å²) < 4.78 is 26.0. The number of hydrogen-bond acceptors (Lipinski definition) is 2. The van der Waals surface area contributed by atoms with Crippen LogP contribution in [0.1, 0.15) is 33.1 Å². The van der Waals surface area contributed by atoms with E-state index in [0.29, 0.717) is 25.2 Å². The molecule has 2 saturated heterocycles. The Morgan fingerprint density at radius 1 is 1.25 bits per heavy atom. The van der Waals surface area contributed by atoms with E-state index in [1.54, 1.807) is 0 Å². The maximum absolute atomic E-state index is 13.0. The maximum atomic E-state index is 13.0. The second kappa shape index (κ2) is 4.57. The van der Waals surface area contributed by atoms with Crippen LogP contribution in [0.25, 0.3) is 0 Å². The normalized spacial score (nSPS) is 30.0. The van der Waals surface area contributed by atoms with Gasteiger partial charge in [0.2, 0.25) is 0 Å². The molecule has 0 aromatic rings. The fourth-order valence-electron chi connectivity index (χ4n) is 2.55. The Bertz CT molecular complexity index is 229. The molecule has 2 aliphatic heterocycles. The van der Waals surface area contributed by atoms with Crippen molar-refractivity contribution in [3.8, 4) is 0 Å². The molecule has 0 amide bonds. The van der Waals surface area contributed by atoms with Crippen LogP contribution in [-0.4, -0.2) is 54.0 Å². The summed E-state index contributed by atoms with van der Waals surface area (Å²) in [7, 11) is 0. The highest BCUT2D eigenvalue weighted by Crippen LogP contribution is 2.30. The van der Waals surface area contributed by atoms with E-state index in [4.69, 9.17) is 0 Å². The number of piperidine rings is 1. The monoisotopic (exact) mass is 232 g/mol. The molecule has 1 unspecified atom stereocenters. The molecular formula is C12H22F2N2. The van der Waals surface area contributed by atoms with Crippen LogP contribution in [0.5, 0.6) is 0 Å². The smallest absolute Gasteiger partial charge is 0.250 e. The Morgan fingerprint density at radius 3 is 2.31 bits per heavy atom. The lowest BCUT2D eigenvalue weighted by molar-refractivity contribution is -0.0839. The molecule has 2 aliphatic rings. The van der Waals surface area contributed by atoms with E-state index in [2.05, 4.69) is 23.6 Å². The molecule has 0 saturated carbocycles. The van der Waals surface area contributed by atoms with Crippen molar-refractivity contribution in [3.05, 3.63) is 0 Å². The van der Waals surface area contributed by atoms with E-state index in [0.717, 1.165) is 13.1 Å². The molecule has 4 heteroatoms. The summed E-state index contributed by atoms with van der Waals surface area (Å²) in [4.78, 5) is 4.69. The van der Waals surface area contributed by atoms with E-state index in [1.165, 1.54) is 6.42 Å². The number of halogens is 2. The van der Waals surface area contributed by atoms with Crippen molar-refractivity contribution >= 4 is 0 Å². The standard InChI is InChI=1S/C12H22F2N2/c1-3-10(2)16-8-11(9-16)15-6-4-12(13,14)5-7-15/h10-11H,3-9H2,1-2H3. The van der Waals surface area contributed by atoms with Crippen LogP contribution in [0, 0.1) is 0 Å². The topological polar surface area (TPSA) is 6.48 Å². The second-order valence-corrected chi connectivity index (χ2v) is 5.26. The van der Waals surface area contributed by atoms with Gasteiger partial charge in [-0.2, -0.15) is 0 Å². The first-order valence-corrected chi connectivity index (χ1v) is 6.38. The number of likely N-dealkylation sites (tertiary alicyclic amines) is 2. The molecule has 2 nitrogen and oxygen atoms in total. The van der Waals surface area contributed by atoms with Crippen molar-refractivity contribution in [1.82, 2.24) is 9.80 Å².